The molecule has 312 valence electrons. The summed E-state index contributed by atoms with van der Waals surface area (Å²) in [6, 6.07) is -0.736. The van der Waals surface area contributed by atoms with Crippen LogP contribution < -0.4 is 5.32 Å². The van der Waals surface area contributed by atoms with Gasteiger partial charge in [0.05, 0.1) is 25.4 Å². The highest BCUT2D eigenvalue weighted by molar-refractivity contribution is 5.76. The molecule has 53 heavy (non-hydrogen) atoms. The Balaban J connectivity index is 2.39. The van der Waals surface area contributed by atoms with Crippen molar-refractivity contribution in [2.24, 2.45) is 0 Å². The summed E-state index contributed by atoms with van der Waals surface area (Å²) < 4.78 is 11.2. The standard InChI is InChI=1S/C44H83NO8/c1-3-5-7-9-11-13-15-17-19-21-23-25-27-29-31-33-38(47)37(36-52-44-43(51)42(50)41(49)39(35-46)53-44)45-40(48)34-32-30-28-26-24-22-20-18-16-14-12-10-8-6-4-2/h18,20,23,25,37-39,41-44,46-47,49-51H,3-17,19,21-22,24,26-36H2,1-2H3,(H,45,48)/b20-18+,25-23+/t37-,38+,39-,41-,42?,43?,44-/m0/s1. The molecular weight excluding hydrogens is 670 g/mol. The van der Waals surface area contributed by atoms with Gasteiger partial charge in [-0.2, -0.15) is 0 Å². The molecule has 1 amide bonds. The fourth-order valence-electron chi connectivity index (χ4n) is 6.91. The van der Waals surface area contributed by atoms with Crippen molar-refractivity contribution in [2.75, 3.05) is 13.2 Å². The molecule has 1 aliphatic rings. The Labute approximate surface area is 324 Å². The Morgan fingerprint density at radius 3 is 1.53 bits per heavy atom. The van der Waals surface area contributed by atoms with Crippen LogP contribution in [-0.4, -0.2) is 87.5 Å². The van der Waals surface area contributed by atoms with Gasteiger partial charge in [-0.1, -0.05) is 147 Å². The lowest BCUT2D eigenvalue weighted by atomic mass is 9.99. The van der Waals surface area contributed by atoms with Gasteiger partial charge in [0.15, 0.2) is 6.29 Å². The fourth-order valence-corrected chi connectivity index (χ4v) is 6.91. The molecule has 6 N–H and O–H groups in total. The predicted octanol–water partition coefficient (Wildman–Crippen LogP) is 8.72. The SMILES string of the molecule is CCCCCCCC/C=C/CCCCCCCC(=O)N[C@@H](CO[C@H]1O[C@@H](CO)[C@H](O)C(O)C1O)[C@H](O)CCCC/C=C/CCCCCCCCCCC. The summed E-state index contributed by atoms with van der Waals surface area (Å²) in [4.78, 5) is 12.9. The molecule has 0 aromatic rings. The second-order valence-electron chi connectivity index (χ2n) is 15.5. The van der Waals surface area contributed by atoms with E-state index in [1.165, 1.54) is 103 Å². The normalized spacial score (nSPS) is 21.8. The summed E-state index contributed by atoms with van der Waals surface area (Å²) in [5, 5.41) is 54.2. The zero-order chi connectivity index (χ0) is 38.8. The molecule has 0 radical (unpaired) electrons. The molecule has 1 aliphatic heterocycles. The van der Waals surface area contributed by atoms with Crippen molar-refractivity contribution < 1.29 is 39.8 Å². The number of aliphatic hydroxyl groups excluding tert-OH is 5. The first-order chi connectivity index (χ1) is 25.8. The van der Waals surface area contributed by atoms with Gasteiger partial charge in [0.25, 0.3) is 0 Å². The number of carbonyl (C=O) groups is 1. The van der Waals surface area contributed by atoms with Crippen LogP contribution in [0.2, 0.25) is 0 Å². The van der Waals surface area contributed by atoms with Crippen LogP contribution in [0.15, 0.2) is 24.3 Å². The largest absolute Gasteiger partial charge is 0.394 e. The molecule has 1 fully saturated rings. The van der Waals surface area contributed by atoms with Crippen LogP contribution in [0.4, 0.5) is 0 Å². The number of nitrogens with one attached hydrogen (secondary N) is 1. The fraction of sp³-hybridized carbons (Fsp3) is 0.886. The number of unbranched alkanes of at least 4 members (excludes halogenated alkanes) is 22. The molecule has 0 saturated carbocycles. The summed E-state index contributed by atoms with van der Waals surface area (Å²) in [6.45, 7) is 3.79. The average molecular weight is 754 g/mol. The topological polar surface area (TPSA) is 149 Å². The maximum Gasteiger partial charge on any atom is 0.220 e. The van der Waals surface area contributed by atoms with E-state index in [4.69, 9.17) is 9.47 Å². The Bertz CT molecular complexity index is 883. The van der Waals surface area contributed by atoms with Crippen LogP contribution >= 0.6 is 0 Å². The van der Waals surface area contributed by atoms with Crippen molar-refractivity contribution in [1.29, 1.82) is 0 Å². The van der Waals surface area contributed by atoms with Crippen LogP contribution in [0.3, 0.4) is 0 Å². The van der Waals surface area contributed by atoms with Gasteiger partial charge in [-0.05, 0) is 64.2 Å². The van der Waals surface area contributed by atoms with Gasteiger partial charge in [-0.3, -0.25) is 4.79 Å². The highest BCUT2D eigenvalue weighted by atomic mass is 16.7. The molecule has 0 spiro atoms. The Kier molecular flexibility index (Phi) is 32.9. The van der Waals surface area contributed by atoms with Gasteiger partial charge in [-0.25, -0.2) is 0 Å². The first kappa shape index (κ1) is 49.7. The zero-order valence-electron chi connectivity index (χ0n) is 34.0. The summed E-state index contributed by atoms with van der Waals surface area (Å²) in [5.74, 6) is -0.163. The molecule has 1 saturated heterocycles. The van der Waals surface area contributed by atoms with Gasteiger partial charge in [-0.15, -0.1) is 0 Å². The molecule has 0 aromatic carbocycles. The van der Waals surface area contributed by atoms with Crippen LogP contribution in [0.25, 0.3) is 0 Å². The van der Waals surface area contributed by atoms with Crippen molar-refractivity contribution in [1.82, 2.24) is 5.32 Å². The third kappa shape index (κ3) is 26.2. The first-order valence-corrected chi connectivity index (χ1v) is 22.0. The van der Waals surface area contributed by atoms with Crippen molar-refractivity contribution in [3.05, 3.63) is 24.3 Å². The van der Waals surface area contributed by atoms with Crippen molar-refractivity contribution in [3.8, 4) is 0 Å². The smallest absolute Gasteiger partial charge is 0.220 e. The van der Waals surface area contributed by atoms with Gasteiger partial charge >= 0.3 is 0 Å². The lowest BCUT2D eigenvalue weighted by molar-refractivity contribution is -0.302. The lowest BCUT2D eigenvalue weighted by Gasteiger charge is -2.40. The highest BCUT2D eigenvalue weighted by Gasteiger charge is 2.44. The lowest BCUT2D eigenvalue weighted by Crippen LogP contribution is -2.60. The van der Waals surface area contributed by atoms with E-state index in [1.54, 1.807) is 0 Å². The second kappa shape index (κ2) is 35.1. The molecule has 7 atom stereocenters. The number of aliphatic hydroxyl groups is 5. The minimum atomic E-state index is -1.56. The number of hydrogen-bond donors (Lipinski definition) is 6. The number of carbonyl (C=O) groups excluding carboxylic acids is 1. The van der Waals surface area contributed by atoms with E-state index in [1.807, 2.05) is 0 Å². The third-order valence-electron chi connectivity index (χ3n) is 10.5. The number of ether oxygens (including phenoxy) is 2. The maximum atomic E-state index is 12.9. The van der Waals surface area contributed by atoms with Gasteiger partial charge in [0.1, 0.15) is 24.4 Å². The predicted molar refractivity (Wildman–Crippen MR) is 217 cm³/mol. The number of amides is 1. The van der Waals surface area contributed by atoms with Crippen LogP contribution in [0.5, 0.6) is 0 Å². The Morgan fingerprint density at radius 1 is 0.623 bits per heavy atom. The number of rotatable bonds is 36. The van der Waals surface area contributed by atoms with E-state index in [2.05, 4.69) is 43.5 Å². The van der Waals surface area contributed by atoms with Gasteiger partial charge < -0.3 is 40.3 Å². The van der Waals surface area contributed by atoms with Crippen LogP contribution in [0, 0.1) is 0 Å². The zero-order valence-corrected chi connectivity index (χ0v) is 34.0. The Morgan fingerprint density at radius 2 is 1.06 bits per heavy atom. The van der Waals surface area contributed by atoms with Crippen LogP contribution in [0.1, 0.15) is 194 Å². The summed E-state index contributed by atoms with van der Waals surface area (Å²) in [6.07, 6.45) is 33.2. The summed E-state index contributed by atoms with van der Waals surface area (Å²) >= 11 is 0. The molecule has 2 unspecified atom stereocenters. The van der Waals surface area contributed by atoms with Crippen molar-refractivity contribution in [2.45, 2.75) is 236 Å². The molecule has 0 aromatic heterocycles. The minimum Gasteiger partial charge on any atom is -0.394 e. The third-order valence-corrected chi connectivity index (χ3v) is 10.5. The summed E-state index contributed by atoms with van der Waals surface area (Å²) in [7, 11) is 0. The summed E-state index contributed by atoms with van der Waals surface area (Å²) in [5.41, 5.74) is 0. The van der Waals surface area contributed by atoms with Crippen molar-refractivity contribution >= 4 is 5.91 Å². The maximum absolute atomic E-state index is 12.9. The molecule has 0 bridgehead atoms. The van der Waals surface area contributed by atoms with Gasteiger partial charge in [0, 0.05) is 6.42 Å². The molecule has 1 heterocycles. The minimum absolute atomic E-state index is 0.152. The number of hydrogen-bond acceptors (Lipinski definition) is 8. The van der Waals surface area contributed by atoms with E-state index in [9.17, 15) is 30.3 Å². The highest BCUT2D eigenvalue weighted by Crippen LogP contribution is 2.23. The molecule has 9 nitrogen and oxygen atoms in total. The van der Waals surface area contributed by atoms with Crippen LogP contribution in [-0.2, 0) is 14.3 Å². The van der Waals surface area contributed by atoms with E-state index in [0.717, 1.165) is 64.2 Å². The molecule has 9 heteroatoms. The van der Waals surface area contributed by atoms with Crippen molar-refractivity contribution in [3.63, 3.8) is 0 Å². The van der Waals surface area contributed by atoms with E-state index in [-0.39, 0.29) is 12.5 Å². The number of allylic oxidation sites excluding steroid dienone is 4. The van der Waals surface area contributed by atoms with E-state index >= 15 is 0 Å². The monoisotopic (exact) mass is 754 g/mol. The van der Waals surface area contributed by atoms with E-state index < -0.39 is 49.5 Å². The molecular formula is C44H83NO8. The molecule has 1 rings (SSSR count). The average Bonchev–Trinajstić information content (AvgIpc) is 3.16. The molecule has 0 aliphatic carbocycles. The first-order valence-electron chi connectivity index (χ1n) is 22.0. The van der Waals surface area contributed by atoms with Gasteiger partial charge in [0.2, 0.25) is 5.91 Å². The quantitative estimate of drug-likeness (QED) is 0.0275. The van der Waals surface area contributed by atoms with E-state index in [0.29, 0.717) is 12.8 Å². The second-order valence-corrected chi connectivity index (χ2v) is 15.5. The Hall–Kier alpha value is -1.33.